The minimum Gasteiger partial charge on any atom is -0.342 e. The van der Waals surface area contributed by atoms with Gasteiger partial charge >= 0.3 is 0 Å². The van der Waals surface area contributed by atoms with Crippen molar-refractivity contribution in [2.24, 2.45) is 5.10 Å². The molecule has 1 amide bonds. The number of nitrogens with zero attached hydrogens (tertiary/aromatic N) is 3. The van der Waals surface area contributed by atoms with Gasteiger partial charge in [0.15, 0.2) is 0 Å². The molecule has 0 fully saturated rings. The number of benzene rings is 4. The minimum absolute atomic E-state index is 0.0617. The Morgan fingerprint density at radius 2 is 1.54 bits per heavy atom. The summed E-state index contributed by atoms with van der Waals surface area (Å²) < 4.78 is 2.21. The fourth-order valence-electron chi connectivity index (χ4n) is 5.16. The molecule has 0 spiro atoms. The zero-order valence-electron chi connectivity index (χ0n) is 23.5. The number of hydrogen-bond donors (Lipinski definition) is 1. The maximum atomic E-state index is 13.5. The summed E-state index contributed by atoms with van der Waals surface area (Å²) in [5, 5.41) is 6.25. The maximum Gasteiger partial charge on any atom is 0.272 e. The number of pyridine rings is 1. The molecule has 2 aromatic heterocycles. The Morgan fingerprint density at radius 1 is 0.854 bits per heavy atom. The van der Waals surface area contributed by atoms with Crippen molar-refractivity contribution in [3.8, 4) is 11.3 Å². The number of hydrazone groups is 1. The molecule has 0 saturated carbocycles. The Morgan fingerprint density at radius 3 is 2.29 bits per heavy atom. The summed E-state index contributed by atoms with van der Waals surface area (Å²) in [7, 11) is 0. The molecule has 5 nitrogen and oxygen atoms in total. The van der Waals surface area contributed by atoms with E-state index in [1.54, 1.807) is 6.21 Å². The number of fused-ring (bicyclic) bond motifs is 2. The molecule has 41 heavy (non-hydrogen) atoms. The topological polar surface area (TPSA) is 59.3 Å². The fraction of sp³-hybridized carbons (Fsp3) is 0.139. The average molecular weight is 537 g/mol. The highest BCUT2D eigenvalue weighted by molar-refractivity contribution is 6.07. The Hall–Kier alpha value is -5.03. The van der Waals surface area contributed by atoms with Crippen molar-refractivity contribution in [3.63, 3.8) is 0 Å². The van der Waals surface area contributed by atoms with Crippen LogP contribution in [0.3, 0.4) is 0 Å². The third kappa shape index (κ3) is 5.52. The highest BCUT2D eigenvalue weighted by Gasteiger charge is 2.16. The van der Waals surface area contributed by atoms with Crippen LogP contribution in [-0.2, 0) is 12.0 Å². The van der Waals surface area contributed by atoms with E-state index in [0.29, 0.717) is 5.56 Å². The molecule has 2 heterocycles. The van der Waals surface area contributed by atoms with Crippen molar-refractivity contribution in [2.75, 3.05) is 0 Å². The second kappa shape index (κ2) is 10.9. The fourth-order valence-corrected chi connectivity index (χ4v) is 5.16. The van der Waals surface area contributed by atoms with Crippen LogP contribution in [0.4, 0.5) is 0 Å². The number of nitrogens with one attached hydrogen (secondary N) is 1. The van der Waals surface area contributed by atoms with Gasteiger partial charge in [-0.2, -0.15) is 5.10 Å². The van der Waals surface area contributed by atoms with Crippen LogP contribution in [0.1, 0.15) is 47.8 Å². The summed E-state index contributed by atoms with van der Waals surface area (Å²) in [6, 6.07) is 36.6. The van der Waals surface area contributed by atoms with Crippen LogP contribution in [0.25, 0.3) is 33.1 Å². The lowest BCUT2D eigenvalue weighted by molar-refractivity contribution is 0.0956. The summed E-state index contributed by atoms with van der Waals surface area (Å²) in [5.41, 5.74) is 10.4. The highest BCUT2D eigenvalue weighted by atomic mass is 16.2. The second-order valence-corrected chi connectivity index (χ2v) is 11.3. The third-order valence-electron chi connectivity index (χ3n) is 7.39. The molecule has 5 heteroatoms. The number of aromatic nitrogens is 2. The molecule has 0 aliphatic rings. The molecule has 4 aromatic carbocycles. The van der Waals surface area contributed by atoms with E-state index in [1.807, 2.05) is 60.7 Å². The van der Waals surface area contributed by atoms with Crippen molar-refractivity contribution in [1.82, 2.24) is 15.0 Å². The molecular weight excluding hydrogens is 504 g/mol. The molecule has 0 unspecified atom stereocenters. The predicted molar refractivity (Wildman–Crippen MR) is 168 cm³/mol. The summed E-state index contributed by atoms with van der Waals surface area (Å²) in [5.74, 6) is -0.277. The van der Waals surface area contributed by atoms with Gasteiger partial charge in [-0.3, -0.25) is 4.79 Å². The minimum atomic E-state index is -0.277. The Balaban J connectivity index is 1.29. The van der Waals surface area contributed by atoms with E-state index in [-0.39, 0.29) is 11.3 Å². The molecule has 202 valence electrons. The van der Waals surface area contributed by atoms with Crippen molar-refractivity contribution >= 4 is 33.9 Å². The van der Waals surface area contributed by atoms with Crippen LogP contribution in [0.15, 0.2) is 120 Å². The maximum absolute atomic E-state index is 13.5. The number of amides is 1. The lowest BCUT2D eigenvalue weighted by Crippen LogP contribution is -2.18. The molecule has 0 aliphatic carbocycles. The number of carbonyl (C=O) groups excluding carboxylic acids is 1. The number of para-hydroxylation sites is 2. The van der Waals surface area contributed by atoms with E-state index < -0.39 is 0 Å². The van der Waals surface area contributed by atoms with Gasteiger partial charge in [0.05, 0.1) is 23.0 Å². The van der Waals surface area contributed by atoms with Crippen LogP contribution in [-0.4, -0.2) is 21.7 Å². The standard InChI is InChI=1S/C36H32N4O/c1-36(2,3)28-19-17-26(18-20-28)33-21-31(30-14-7-9-15-32(30)38-33)35(41)39-37-22-27-24-40(23-25-11-5-4-6-12-25)34-16-10-8-13-29(27)34/h4-22,24H,23H2,1-3H3,(H,39,41). The van der Waals surface area contributed by atoms with Gasteiger partial charge in [-0.1, -0.05) is 112 Å². The first-order valence-corrected chi connectivity index (χ1v) is 13.8. The number of rotatable bonds is 6. The Kier molecular flexibility index (Phi) is 6.94. The first kappa shape index (κ1) is 26.2. The largest absolute Gasteiger partial charge is 0.342 e. The van der Waals surface area contributed by atoms with Crippen molar-refractivity contribution < 1.29 is 4.79 Å². The lowest BCUT2D eigenvalue weighted by atomic mass is 9.86. The van der Waals surface area contributed by atoms with Gasteiger partial charge in [0.1, 0.15) is 0 Å². The molecule has 0 radical (unpaired) electrons. The first-order chi connectivity index (χ1) is 19.9. The van der Waals surface area contributed by atoms with Crippen LogP contribution in [0.5, 0.6) is 0 Å². The monoisotopic (exact) mass is 536 g/mol. The van der Waals surface area contributed by atoms with Crippen LogP contribution < -0.4 is 5.43 Å². The van der Waals surface area contributed by atoms with Crippen LogP contribution in [0.2, 0.25) is 0 Å². The van der Waals surface area contributed by atoms with Crippen LogP contribution in [0, 0.1) is 0 Å². The molecule has 0 aliphatic heterocycles. The summed E-state index contributed by atoms with van der Waals surface area (Å²) in [4.78, 5) is 18.3. The molecule has 0 saturated heterocycles. The average Bonchev–Trinajstić information content (AvgIpc) is 3.33. The van der Waals surface area contributed by atoms with Gasteiger partial charge in [-0.25, -0.2) is 10.4 Å². The summed E-state index contributed by atoms with van der Waals surface area (Å²) in [6.07, 6.45) is 3.80. The van der Waals surface area contributed by atoms with Gasteiger partial charge < -0.3 is 4.57 Å². The molecule has 1 N–H and O–H groups in total. The predicted octanol–water partition coefficient (Wildman–Crippen LogP) is 7.97. The highest BCUT2D eigenvalue weighted by Crippen LogP contribution is 2.28. The first-order valence-electron chi connectivity index (χ1n) is 13.8. The van der Waals surface area contributed by atoms with Crippen LogP contribution >= 0.6 is 0 Å². The van der Waals surface area contributed by atoms with Gasteiger partial charge in [-0.15, -0.1) is 0 Å². The van der Waals surface area contributed by atoms with E-state index >= 15 is 0 Å². The SMILES string of the molecule is CC(C)(C)c1ccc(-c2cc(C(=O)NN=Cc3cn(Cc4ccccc4)c4ccccc34)c3ccccc3n2)cc1. The van der Waals surface area contributed by atoms with Gasteiger partial charge in [-0.05, 0) is 34.7 Å². The molecule has 0 bridgehead atoms. The Bertz CT molecular complexity index is 1880. The normalized spacial score (nSPS) is 11.9. The van der Waals surface area contributed by atoms with E-state index in [2.05, 4.69) is 90.6 Å². The zero-order chi connectivity index (χ0) is 28.4. The third-order valence-corrected chi connectivity index (χ3v) is 7.39. The smallest absolute Gasteiger partial charge is 0.272 e. The zero-order valence-corrected chi connectivity index (χ0v) is 23.5. The van der Waals surface area contributed by atoms with E-state index in [9.17, 15) is 4.79 Å². The van der Waals surface area contributed by atoms with Gasteiger partial charge in [0, 0.05) is 40.2 Å². The lowest BCUT2D eigenvalue weighted by Gasteiger charge is -2.19. The van der Waals surface area contributed by atoms with Crippen molar-refractivity contribution in [2.45, 2.75) is 32.7 Å². The van der Waals surface area contributed by atoms with Gasteiger partial charge in [0.2, 0.25) is 0 Å². The summed E-state index contributed by atoms with van der Waals surface area (Å²) in [6.45, 7) is 7.34. The Labute approximate surface area is 240 Å². The molecule has 0 atom stereocenters. The van der Waals surface area contributed by atoms with E-state index in [1.165, 1.54) is 11.1 Å². The van der Waals surface area contributed by atoms with Crippen molar-refractivity contribution in [1.29, 1.82) is 0 Å². The number of hydrogen-bond acceptors (Lipinski definition) is 3. The molecule has 6 rings (SSSR count). The molecule has 6 aromatic rings. The quantitative estimate of drug-likeness (QED) is 0.173. The van der Waals surface area contributed by atoms with E-state index in [0.717, 1.165) is 45.2 Å². The number of carbonyl (C=O) groups is 1. The second-order valence-electron chi connectivity index (χ2n) is 11.3. The van der Waals surface area contributed by atoms with E-state index in [4.69, 9.17) is 4.98 Å². The van der Waals surface area contributed by atoms with Crippen molar-refractivity contribution in [3.05, 3.63) is 138 Å². The summed E-state index contributed by atoms with van der Waals surface area (Å²) >= 11 is 0. The molecular formula is C36H32N4O. The van der Waals surface area contributed by atoms with Gasteiger partial charge in [0.25, 0.3) is 5.91 Å².